The van der Waals surface area contributed by atoms with Crippen LogP contribution in [0.3, 0.4) is 0 Å². The summed E-state index contributed by atoms with van der Waals surface area (Å²) >= 11 is 0. The second-order valence-corrected chi connectivity index (χ2v) is 4.75. The van der Waals surface area contributed by atoms with E-state index in [-0.39, 0.29) is 6.10 Å². The summed E-state index contributed by atoms with van der Waals surface area (Å²) in [6.45, 7) is 10.7. The maximum atomic E-state index is 5.58. The number of aromatic nitrogens is 2. The predicted octanol–water partition coefficient (Wildman–Crippen LogP) is 2.33. The van der Waals surface area contributed by atoms with Crippen molar-refractivity contribution in [2.75, 3.05) is 37.0 Å². The Morgan fingerprint density at radius 3 is 2.63 bits per heavy atom. The highest BCUT2D eigenvalue weighted by Gasteiger charge is 2.12. The Bertz CT molecular complexity index is 382. The number of ether oxygens (including phenoxy) is 1. The van der Waals surface area contributed by atoms with E-state index < -0.39 is 0 Å². The van der Waals surface area contributed by atoms with Crippen LogP contribution >= 0.6 is 0 Å². The summed E-state index contributed by atoms with van der Waals surface area (Å²) in [5.41, 5.74) is 1.16. The minimum atomic E-state index is 0.266. The highest BCUT2D eigenvalue weighted by Crippen LogP contribution is 2.22. The van der Waals surface area contributed by atoms with Crippen LogP contribution in [-0.2, 0) is 11.2 Å². The summed E-state index contributed by atoms with van der Waals surface area (Å²) < 4.78 is 5.58. The van der Waals surface area contributed by atoms with Crippen LogP contribution in [0.4, 0.5) is 11.6 Å². The summed E-state index contributed by atoms with van der Waals surface area (Å²) in [6.07, 6.45) is 2.79. The topological polar surface area (TPSA) is 50.3 Å². The SMILES string of the molecule is CCNc1ncnc(N(C)CCOC(C)C)c1CC. The number of anilines is 2. The smallest absolute Gasteiger partial charge is 0.137 e. The van der Waals surface area contributed by atoms with Gasteiger partial charge in [0.1, 0.15) is 18.0 Å². The van der Waals surface area contributed by atoms with Crippen LogP contribution in [0.5, 0.6) is 0 Å². The molecule has 19 heavy (non-hydrogen) atoms. The van der Waals surface area contributed by atoms with Crippen molar-refractivity contribution in [2.24, 2.45) is 0 Å². The summed E-state index contributed by atoms with van der Waals surface area (Å²) in [7, 11) is 2.04. The summed E-state index contributed by atoms with van der Waals surface area (Å²) in [4.78, 5) is 10.8. The maximum Gasteiger partial charge on any atom is 0.137 e. The molecular weight excluding hydrogens is 240 g/mol. The number of hydrogen-bond donors (Lipinski definition) is 1. The number of rotatable bonds is 8. The highest BCUT2D eigenvalue weighted by atomic mass is 16.5. The fourth-order valence-corrected chi connectivity index (χ4v) is 1.91. The van der Waals surface area contributed by atoms with E-state index in [1.165, 1.54) is 0 Å². The molecule has 0 saturated heterocycles. The van der Waals surface area contributed by atoms with Crippen molar-refractivity contribution in [2.45, 2.75) is 40.2 Å². The molecule has 1 N–H and O–H groups in total. The largest absolute Gasteiger partial charge is 0.377 e. The molecule has 0 bridgehead atoms. The molecule has 1 rings (SSSR count). The van der Waals surface area contributed by atoms with Crippen LogP contribution < -0.4 is 10.2 Å². The summed E-state index contributed by atoms with van der Waals surface area (Å²) in [5, 5.41) is 3.29. The lowest BCUT2D eigenvalue weighted by atomic mass is 10.2. The first kappa shape index (κ1) is 15.7. The Labute approximate surface area is 116 Å². The van der Waals surface area contributed by atoms with Crippen molar-refractivity contribution < 1.29 is 4.74 Å². The van der Waals surface area contributed by atoms with E-state index in [0.717, 1.165) is 36.7 Å². The van der Waals surface area contributed by atoms with Crippen molar-refractivity contribution in [3.05, 3.63) is 11.9 Å². The first-order valence-electron chi connectivity index (χ1n) is 7.00. The van der Waals surface area contributed by atoms with Gasteiger partial charge in [-0.2, -0.15) is 0 Å². The molecule has 0 fully saturated rings. The third-order valence-electron chi connectivity index (χ3n) is 2.86. The van der Waals surface area contributed by atoms with Crippen molar-refractivity contribution in [1.82, 2.24) is 9.97 Å². The molecular formula is C14H26N4O. The van der Waals surface area contributed by atoms with E-state index in [4.69, 9.17) is 4.74 Å². The monoisotopic (exact) mass is 266 g/mol. The van der Waals surface area contributed by atoms with Crippen LogP contribution in [0.15, 0.2) is 6.33 Å². The summed E-state index contributed by atoms with van der Waals surface area (Å²) in [6, 6.07) is 0. The zero-order valence-corrected chi connectivity index (χ0v) is 12.7. The van der Waals surface area contributed by atoms with Gasteiger partial charge in [-0.3, -0.25) is 0 Å². The predicted molar refractivity (Wildman–Crippen MR) is 79.9 cm³/mol. The van der Waals surface area contributed by atoms with Crippen LogP contribution in [0, 0.1) is 0 Å². The van der Waals surface area contributed by atoms with Gasteiger partial charge >= 0.3 is 0 Å². The molecule has 0 aliphatic carbocycles. The molecule has 1 heterocycles. The van der Waals surface area contributed by atoms with Gasteiger partial charge in [0.2, 0.25) is 0 Å². The third-order valence-corrected chi connectivity index (χ3v) is 2.86. The molecule has 0 aliphatic heterocycles. The van der Waals surface area contributed by atoms with E-state index in [0.29, 0.717) is 6.61 Å². The molecule has 1 aromatic heterocycles. The maximum absolute atomic E-state index is 5.58. The third kappa shape index (κ3) is 4.67. The molecule has 108 valence electrons. The van der Waals surface area contributed by atoms with Crippen LogP contribution in [0.2, 0.25) is 0 Å². The number of nitrogens with one attached hydrogen (secondary N) is 1. The van der Waals surface area contributed by atoms with E-state index in [9.17, 15) is 0 Å². The lowest BCUT2D eigenvalue weighted by Gasteiger charge is -2.22. The zero-order valence-electron chi connectivity index (χ0n) is 12.7. The summed E-state index contributed by atoms with van der Waals surface area (Å²) in [5.74, 6) is 1.92. The Balaban J connectivity index is 2.77. The van der Waals surface area contributed by atoms with Gasteiger partial charge in [-0.15, -0.1) is 0 Å². The van der Waals surface area contributed by atoms with Crippen molar-refractivity contribution in [3.8, 4) is 0 Å². The van der Waals surface area contributed by atoms with E-state index in [1.54, 1.807) is 6.33 Å². The fraction of sp³-hybridized carbons (Fsp3) is 0.714. The van der Waals surface area contributed by atoms with E-state index >= 15 is 0 Å². The number of nitrogens with zero attached hydrogens (tertiary/aromatic N) is 3. The van der Waals surface area contributed by atoms with Crippen molar-refractivity contribution >= 4 is 11.6 Å². The lowest BCUT2D eigenvalue weighted by Crippen LogP contribution is -2.26. The minimum Gasteiger partial charge on any atom is -0.377 e. The quantitative estimate of drug-likeness (QED) is 0.782. The van der Waals surface area contributed by atoms with E-state index in [1.807, 2.05) is 20.9 Å². The van der Waals surface area contributed by atoms with Gasteiger partial charge in [0.05, 0.1) is 12.7 Å². The normalized spacial score (nSPS) is 10.8. The van der Waals surface area contributed by atoms with Crippen LogP contribution in [0.1, 0.15) is 33.3 Å². The highest BCUT2D eigenvalue weighted by molar-refractivity contribution is 5.58. The standard InChI is InChI=1S/C14H26N4O/c1-6-12-13(15-7-2)16-10-17-14(12)18(5)8-9-19-11(3)4/h10-11H,6-9H2,1-5H3,(H,15,16,17). The van der Waals surface area contributed by atoms with Crippen molar-refractivity contribution in [3.63, 3.8) is 0 Å². The molecule has 0 aromatic carbocycles. The van der Waals surface area contributed by atoms with Gasteiger partial charge in [-0.25, -0.2) is 9.97 Å². The Hall–Kier alpha value is -1.36. The van der Waals surface area contributed by atoms with Crippen molar-refractivity contribution in [1.29, 1.82) is 0 Å². The second kappa shape index (κ2) is 7.94. The van der Waals surface area contributed by atoms with Gasteiger partial charge in [0.15, 0.2) is 0 Å². The number of likely N-dealkylation sites (N-methyl/N-ethyl adjacent to an activating group) is 1. The minimum absolute atomic E-state index is 0.266. The van der Waals surface area contributed by atoms with Crippen LogP contribution in [-0.4, -0.2) is 42.8 Å². The molecule has 0 atom stereocenters. The van der Waals surface area contributed by atoms with Gasteiger partial charge in [-0.1, -0.05) is 6.92 Å². The Kier molecular flexibility index (Phi) is 6.56. The Morgan fingerprint density at radius 1 is 1.32 bits per heavy atom. The van der Waals surface area contributed by atoms with E-state index in [2.05, 4.69) is 34.0 Å². The van der Waals surface area contributed by atoms with Gasteiger partial charge in [0, 0.05) is 25.7 Å². The Morgan fingerprint density at radius 2 is 2.05 bits per heavy atom. The lowest BCUT2D eigenvalue weighted by molar-refractivity contribution is 0.0845. The fourth-order valence-electron chi connectivity index (χ4n) is 1.91. The average Bonchev–Trinajstić information content (AvgIpc) is 2.38. The molecule has 1 aromatic rings. The van der Waals surface area contributed by atoms with Gasteiger partial charge in [-0.05, 0) is 27.2 Å². The molecule has 0 spiro atoms. The molecule has 0 aliphatic rings. The first-order valence-corrected chi connectivity index (χ1v) is 7.00. The molecule has 5 heteroatoms. The van der Waals surface area contributed by atoms with Gasteiger partial charge < -0.3 is 15.0 Å². The number of hydrogen-bond acceptors (Lipinski definition) is 5. The second-order valence-electron chi connectivity index (χ2n) is 4.75. The average molecular weight is 266 g/mol. The molecule has 0 radical (unpaired) electrons. The molecule has 0 unspecified atom stereocenters. The molecule has 0 saturated carbocycles. The van der Waals surface area contributed by atoms with Crippen LogP contribution in [0.25, 0.3) is 0 Å². The zero-order chi connectivity index (χ0) is 14.3. The molecule has 5 nitrogen and oxygen atoms in total. The van der Waals surface area contributed by atoms with Gasteiger partial charge in [0.25, 0.3) is 0 Å². The molecule has 0 amide bonds. The first-order chi connectivity index (χ1) is 9.10.